The molecular weight excluding hydrogens is 299 g/mol. The van der Waals surface area contributed by atoms with Gasteiger partial charge in [-0.2, -0.15) is 13.2 Å². The number of ether oxygens (including phenoxy) is 1. The van der Waals surface area contributed by atoms with Gasteiger partial charge in [0.05, 0.1) is 6.10 Å². The van der Waals surface area contributed by atoms with Crippen molar-refractivity contribution in [1.82, 2.24) is 15.5 Å². The van der Waals surface area contributed by atoms with Gasteiger partial charge in [-0.3, -0.25) is 9.69 Å². The molecular formula is C14H24F3N3O2. The van der Waals surface area contributed by atoms with Crippen LogP contribution in [0.15, 0.2) is 0 Å². The van der Waals surface area contributed by atoms with Crippen molar-refractivity contribution in [3.63, 3.8) is 0 Å². The predicted octanol–water partition coefficient (Wildman–Crippen LogP) is 0.896. The molecule has 1 amide bonds. The molecule has 0 aromatic carbocycles. The van der Waals surface area contributed by atoms with Crippen LogP contribution in [0.5, 0.6) is 0 Å². The van der Waals surface area contributed by atoms with Gasteiger partial charge in [-0.1, -0.05) is 6.92 Å². The van der Waals surface area contributed by atoms with Gasteiger partial charge in [-0.25, -0.2) is 0 Å². The van der Waals surface area contributed by atoms with Gasteiger partial charge in [0.15, 0.2) is 0 Å². The van der Waals surface area contributed by atoms with Crippen molar-refractivity contribution in [2.24, 2.45) is 0 Å². The molecule has 2 saturated heterocycles. The van der Waals surface area contributed by atoms with Crippen LogP contribution < -0.4 is 10.6 Å². The van der Waals surface area contributed by atoms with Crippen molar-refractivity contribution in [2.45, 2.75) is 50.6 Å². The summed E-state index contributed by atoms with van der Waals surface area (Å²) in [5.74, 6) is -0.430. The first-order valence-corrected chi connectivity index (χ1v) is 7.86. The van der Waals surface area contributed by atoms with Crippen LogP contribution in [0.3, 0.4) is 0 Å². The molecule has 2 aliphatic rings. The fraction of sp³-hybridized carbons (Fsp3) is 0.929. The van der Waals surface area contributed by atoms with Crippen molar-refractivity contribution >= 4 is 5.91 Å². The van der Waals surface area contributed by atoms with Crippen molar-refractivity contribution in [3.8, 4) is 0 Å². The van der Waals surface area contributed by atoms with E-state index in [4.69, 9.17) is 4.74 Å². The second kappa shape index (κ2) is 7.61. The first-order chi connectivity index (χ1) is 10.4. The first kappa shape index (κ1) is 17.5. The largest absolute Gasteiger partial charge is 0.405 e. The standard InChI is InChI=1S/C14H24F3N3O2/c1-2-10-3-4-11(22-10)13(21)19-9-12(14(15,16)17)20-7-5-18-6-8-20/h10-12,18H,2-9H2,1H3,(H,19,21). The van der Waals surface area contributed by atoms with E-state index in [-0.39, 0.29) is 6.10 Å². The number of hydrogen-bond acceptors (Lipinski definition) is 4. The number of hydrogen-bond donors (Lipinski definition) is 2. The lowest BCUT2D eigenvalue weighted by molar-refractivity contribution is -0.184. The monoisotopic (exact) mass is 323 g/mol. The summed E-state index contributed by atoms with van der Waals surface area (Å²) in [6.45, 7) is 3.28. The third-order valence-corrected chi connectivity index (χ3v) is 4.30. The Labute approximate surface area is 128 Å². The third-order valence-electron chi connectivity index (χ3n) is 4.30. The minimum absolute atomic E-state index is 0.0438. The molecule has 0 radical (unpaired) electrons. The Bertz CT molecular complexity index is 373. The minimum atomic E-state index is -4.35. The van der Waals surface area contributed by atoms with Crippen LogP contribution in [0.4, 0.5) is 13.2 Å². The van der Waals surface area contributed by atoms with Crippen molar-refractivity contribution in [1.29, 1.82) is 0 Å². The zero-order valence-electron chi connectivity index (χ0n) is 12.8. The SMILES string of the molecule is CCC1CCC(C(=O)NCC(N2CCNCC2)C(F)(F)F)O1. The lowest BCUT2D eigenvalue weighted by Crippen LogP contribution is -2.58. The molecule has 3 atom stereocenters. The number of alkyl halides is 3. The Kier molecular flexibility index (Phi) is 6.05. The molecule has 2 aliphatic heterocycles. The van der Waals surface area contributed by atoms with Crippen molar-refractivity contribution < 1.29 is 22.7 Å². The maximum Gasteiger partial charge on any atom is 0.405 e. The summed E-state index contributed by atoms with van der Waals surface area (Å²) < 4.78 is 45.1. The average Bonchev–Trinajstić information content (AvgIpc) is 2.96. The highest BCUT2D eigenvalue weighted by Crippen LogP contribution is 2.25. The molecule has 3 unspecified atom stereocenters. The Morgan fingerprint density at radius 2 is 2.05 bits per heavy atom. The molecule has 8 heteroatoms. The molecule has 2 rings (SSSR count). The zero-order valence-corrected chi connectivity index (χ0v) is 12.8. The Hall–Kier alpha value is -0.860. The van der Waals surface area contributed by atoms with Crippen LogP contribution in [-0.4, -0.2) is 68.0 Å². The molecule has 5 nitrogen and oxygen atoms in total. The molecule has 2 N–H and O–H groups in total. The van der Waals surface area contributed by atoms with E-state index >= 15 is 0 Å². The summed E-state index contributed by atoms with van der Waals surface area (Å²) in [5, 5.41) is 5.45. The van der Waals surface area contributed by atoms with Crippen LogP contribution in [0.1, 0.15) is 26.2 Å². The smallest absolute Gasteiger partial charge is 0.365 e. The molecule has 0 saturated carbocycles. The summed E-state index contributed by atoms with van der Waals surface area (Å²) in [6.07, 6.45) is -2.74. The summed E-state index contributed by atoms with van der Waals surface area (Å²) in [4.78, 5) is 13.4. The molecule has 128 valence electrons. The highest BCUT2D eigenvalue weighted by molar-refractivity contribution is 5.81. The fourth-order valence-electron chi connectivity index (χ4n) is 2.96. The predicted molar refractivity (Wildman–Crippen MR) is 75.5 cm³/mol. The summed E-state index contributed by atoms with van der Waals surface area (Å²) in [6, 6.07) is -1.64. The zero-order chi connectivity index (χ0) is 16.2. The Morgan fingerprint density at radius 3 is 2.59 bits per heavy atom. The van der Waals surface area contributed by atoms with Crippen LogP contribution in [-0.2, 0) is 9.53 Å². The molecule has 0 aromatic rings. The van der Waals surface area contributed by atoms with Crippen molar-refractivity contribution in [3.05, 3.63) is 0 Å². The van der Waals surface area contributed by atoms with E-state index in [1.54, 1.807) is 0 Å². The van der Waals surface area contributed by atoms with E-state index in [2.05, 4.69) is 10.6 Å². The summed E-state index contributed by atoms with van der Waals surface area (Å²) in [7, 11) is 0. The van der Waals surface area contributed by atoms with E-state index in [0.717, 1.165) is 12.8 Å². The number of nitrogens with one attached hydrogen (secondary N) is 2. The number of carbonyl (C=O) groups is 1. The van der Waals surface area contributed by atoms with Crippen LogP contribution >= 0.6 is 0 Å². The number of piperazine rings is 1. The third kappa shape index (κ3) is 4.57. The minimum Gasteiger partial charge on any atom is -0.365 e. The van der Waals surface area contributed by atoms with Crippen molar-refractivity contribution in [2.75, 3.05) is 32.7 Å². The first-order valence-electron chi connectivity index (χ1n) is 7.86. The topological polar surface area (TPSA) is 53.6 Å². The van der Waals surface area contributed by atoms with Gasteiger partial charge in [-0.15, -0.1) is 0 Å². The number of halogens is 3. The lowest BCUT2D eigenvalue weighted by atomic mass is 10.1. The molecule has 0 aromatic heterocycles. The normalized spacial score (nSPS) is 28.5. The highest BCUT2D eigenvalue weighted by atomic mass is 19.4. The van der Waals surface area contributed by atoms with E-state index in [9.17, 15) is 18.0 Å². The quantitative estimate of drug-likeness (QED) is 0.789. The molecule has 0 spiro atoms. The summed E-state index contributed by atoms with van der Waals surface area (Å²) >= 11 is 0. The lowest BCUT2D eigenvalue weighted by Gasteiger charge is -2.36. The molecule has 22 heavy (non-hydrogen) atoms. The number of nitrogens with zero attached hydrogens (tertiary/aromatic N) is 1. The fourth-order valence-corrected chi connectivity index (χ4v) is 2.96. The number of amides is 1. The molecule has 2 heterocycles. The van der Waals surface area contributed by atoms with E-state index in [1.807, 2.05) is 6.92 Å². The molecule has 0 aliphatic carbocycles. The summed E-state index contributed by atoms with van der Waals surface area (Å²) in [5.41, 5.74) is 0. The maximum atomic E-state index is 13.2. The van der Waals surface area contributed by atoms with Crippen LogP contribution in [0, 0.1) is 0 Å². The van der Waals surface area contributed by atoms with Gasteiger partial charge in [0.1, 0.15) is 12.1 Å². The Morgan fingerprint density at radius 1 is 1.36 bits per heavy atom. The van der Waals surface area contributed by atoms with E-state index < -0.39 is 30.8 Å². The van der Waals surface area contributed by atoms with Crippen LogP contribution in [0.25, 0.3) is 0 Å². The van der Waals surface area contributed by atoms with Gasteiger partial charge in [0.25, 0.3) is 0 Å². The Balaban J connectivity index is 1.86. The van der Waals surface area contributed by atoms with Gasteiger partial charge in [0, 0.05) is 32.7 Å². The number of rotatable bonds is 5. The number of carbonyl (C=O) groups excluding carboxylic acids is 1. The molecule has 2 fully saturated rings. The highest BCUT2D eigenvalue weighted by Gasteiger charge is 2.44. The molecule has 0 bridgehead atoms. The van der Waals surface area contributed by atoms with E-state index in [1.165, 1.54) is 4.90 Å². The second-order valence-electron chi connectivity index (χ2n) is 5.82. The van der Waals surface area contributed by atoms with Gasteiger partial charge < -0.3 is 15.4 Å². The van der Waals surface area contributed by atoms with Gasteiger partial charge >= 0.3 is 6.18 Å². The average molecular weight is 323 g/mol. The van der Waals surface area contributed by atoms with Gasteiger partial charge in [-0.05, 0) is 19.3 Å². The van der Waals surface area contributed by atoms with Crippen LogP contribution in [0.2, 0.25) is 0 Å². The van der Waals surface area contributed by atoms with Gasteiger partial charge in [0.2, 0.25) is 5.91 Å². The maximum absolute atomic E-state index is 13.2. The second-order valence-corrected chi connectivity index (χ2v) is 5.82. The van der Waals surface area contributed by atoms with E-state index in [0.29, 0.717) is 32.6 Å².